The van der Waals surface area contributed by atoms with Gasteiger partial charge in [-0.15, -0.1) is 0 Å². The highest BCUT2D eigenvalue weighted by Gasteiger charge is 2.42. The fourth-order valence-electron chi connectivity index (χ4n) is 1.69. The Bertz CT molecular complexity index is 204. The van der Waals surface area contributed by atoms with E-state index in [1.165, 1.54) is 0 Å². The summed E-state index contributed by atoms with van der Waals surface area (Å²) in [6.45, 7) is 2.91. The van der Waals surface area contributed by atoms with Crippen LogP contribution in [-0.2, 0) is 9.53 Å². The van der Waals surface area contributed by atoms with E-state index in [9.17, 15) is 4.79 Å². The Morgan fingerprint density at radius 3 is 2.64 bits per heavy atom. The first-order valence-corrected chi connectivity index (χ1v) is 4.73. The lowest BCUT2D eigenvalue weighted by Crippen LogP contribution is -2.69. The molecule has 82 valence electrons. The standard InChI is InChI=1S/C9H18N2O3/c1-11(3-4-14-2)9(5-8(12)13)6-10-7-9/h10H,3-7H2,1-2H3,(H,12,13). The second-order valence-corrected chi connectivity index (χ2v) is 3.81. The van der Waals surface area contributed by atoms with Gasteiger partial charge in [-0.2, -0.15) is 0 Å². The minimum Gasteiger partial charge on any atom is -0.481 e. The number of hydrogen-bond acceptors (Lipinski definition) is 4. The molecule has 0 aliphatic carbocycles. The molecule has 1 rings (SSSR count). The molecular weight excluding hydrogens is 184 g/mol. The van der Waals surface area contributed by atoms with Crippen LogP contribution in [0.25, 0.3) is 0 Å². The third kappa shape index (κ3) is 2.43. The molecule has 1 fully saturated rings. The van der Waals surface area contributed by atoms with Crippen molar-refractivity contribution in [3.05, 3.63) is 0 Å². The number of ether oxygens (including phenoxy) is 1. The van der Waals surface area contributed by atoms with Gasteiger partial charge in [0.15, 0.2) is 0 Å². The average Bonchev–Trinajstić information content (AvgIpc) is 2.07. The zero-order valence-electron chi connectivity index (χ0n) is 8.75. The molecule has 0 aromatic heterocycles. The second-order valence-electron chi connectivity index (χ2n) is 3.81. The van der Waals surface area contributed by atoms with E-state index in [1.54, 1.807) is 7.11 Å². The molecule has 0 unspecified atom stereocenters. The van der Waals surface area contributed by atoms with Gasteiger partial charge < -0.3 is 15.2 Å². The molecule has 0 atom stereocenters. The smallest absolute Gasteiger partial charge is 0.305 e. The Labute approximate surface area is 84.0 Å². The molecule has 0 spiro atoms. The van der Waals surface area contributed by atoms with E-state index in [4.69, 9.17) is 9.84 Å². The van der Waals surface area contributed by atoms with Crippen molar-refractivity contribution in [3.63, 3.8) is 0 Å². The number of nitrogens with zero attached hydrogens (tertiary/aromatic N) is 1. The van der Waals surface area contributed by atoms with Crippen molar-refractivity contribution >= 4 is 5.97 Å². The molecule has 2 N–H and O–H groups in total. The lowest BCUT2D eigenvalue weighted by Gasteiger charge is -2.48. The molecule has 1 aliphatic rings. The first-order chi connectivity index (χ1) is 6.60. The SMILES string of the molecule is COCCN(C)C1(CC(=O)O)CNC1. The van der Waals surface area contributed by atoms with Crippen molar-refractivity contribution in [2.45, 2.75) is 12.0 Å². The molecule has 0 aromatic carbocycles. The van der Waals surface area contributed by atoms with Gasteiger partial charge in [0.25, 0.3) is 0 Å². The molecule has 0 radical (unpaired) electrons. The number of nitrogens with one attached hydrogen (secondary N) is 1. The van der Waals surface area contributed by atoms with Gasteiger partial charge in [0.2, 0.25) is 0 Å². The number of aliphatic carboxylic acids is 1. The topological polar surface area (TPSA) is 61.8 Å². The number of carboxylic acid groups (broad SMARTS) is 1. The maximum Gasteiger partial charge on any atom is 0.305 e. The minimum atomic E-state index is -0.740. The van der Waals surface area contributed by atoms with Crippen LogP contribution in [0.5, 0.6) is 0 Å². The highest BCUT2D eigenvalue weighted by atomic mass is 16.5. The summed E-state index contributed by atoms with van der Waals surface area (Å²) in [6.07, 6.45) is 0.195. The zero-order chi connectivity index (χ0) is 10.6. The minimum absolute atomic E-state index is 0.195. The third-order valence-corrected chi connectivity index (χ3v) is 2.83. The predicted octanol–water partition coefficient (Wildman–Crippen LogP) is -0.619. The lowest BCUT2D eigenvalue weighted by molar-refractivity contribution is -0.141. The first-order valence-electron chi connectivity index (χ1n) is 4.73. The van der Waals surface area contributed by atoms with Crippen LogP contribution in [0.15, 0.2) is 0 Å². The van der Waals surface area contributed by atoms with Crippen molar-refractivity contribution in [3.8, 4) is 0 Å². The number of carbonyl (C=O) groups is 1. The van der Waals surface area contributed by atoms with Gasteiger partial charge in [-0.3, -0.25) is 9.69 Å². The van der Waals surface area contributed by atoms with E-state index in [0.717, 1.165) is 19.6 Å². The molecule has 5 heteroatoms. The first kappa shape index (κ1) is 11.4. The van der Waals surface area contributed by atoms with Crippen molar-refractivity contribution in [2.75, 3.05) is 40.4 Å². The maximum absolute atomic E-state index is 10.7. The molecule has 1 aliphatic heterocycles. The van der Waals surface area contributed by atoms with E-state index in [1.807, 2.05) is 7.05 Å². The van der Waals surface area contributed by atoms with Crippen LogP contribution in [0, 0.1) is 0 Å². The van der Waals surface area contributed by atoms with Gasteiger partial charge in [-0.25, -0.2) is 0 Å². The van der Waals surface area contributed by atoms with Gasteiger partial charge in [0, 0.05) is 26.7 Å². The molecule has 1 saturated heterocycles. The van der Waals surface area contributed by atoms with Crippen molar-refractivity contribution < 1.29 is 14.6 Å². The highest BCUT2D eigenvalue weighted by molar-refractivity contribution is 5.68. The van der Waals surface area contributed by atoms with E-state index >= 15 is 0 Å². The van der Waals surface area contributed by atoms with Gasteiger partial charge in [-0.1, -0.05) is 0 Å². The van der Waals surface area contributed by atoms with Crippen LogP contribution in [0.2, 0.25) is 0 Å². The summed E-state index contributed by atoms with van der Waals surface area (Å²) in [5.41, 5.74) is -0.204. The maximum atomic E-state index is 10.7. The Kier molecular flexibility index (Phi) is 3.86. The summed E-state index contributed by atoms with van der Waals surface area (Å²) in [5, 5.41) is 11.9. The molecular formula is C9H18N2O3. The number of likely N-dealkylation sites (N-methyl/N-ethyl adjacent to an activating group) is 1. The quantitative estimate of drug-likeness (QED) is 0.601. The number of rotatable bonds is 6. The molecule has 0 aromatic rings. The zero-order valence-corrected chi connectivity index (χ0v) is 8.75. The molecule has 14 heavy (non-hydrogen) atoms. The summed E-state index contributed by atoms with van der Waals surface area (Å²) >= 11 is 0. The molecule has 0 saturated carbocycles. The summed E-state index contributed by atoms with van der Waals surface area (Å²) < 4.78 is 4.97. The molecule has 0 amide bonds. The van der Waals surface area contributed by atoms with Crippen LogP contribution in [0.3, 0.4) is 0 Å². The fourth-order valence-corrected chi connectivity index (χ4v) is 1.69. The van der Waals surface area contributed by atoms with Crippen molar-refractivity contribution in [1.29, 1.82) is 0 Å². The monoisotopic (exact) mass is 202 g/mol. The Morgan fingerprint density at radius 2 is 2.29 bits per heavy atom. The number of methoxy groups -OCH3 is 1. The lowest BCUT2D eigenvalue weighted by atomic mass is 9.87. The normalized spacial score (nSPS) is 19.4. The summed E-state index contributed by atoms with van der Waals surface area (Å²) in [4.78, 5) is 12.8. The van der Waals surface area contributed by atoms with Gasteiger partial charge in [0.05, 0.1) is 18.6 Å². The summed E-state index contributed by atoms with van der Waals surface area (Å²) in [6, 6.07) is 0. The molecule has 1 heterocycles. The Hall–Kier alpha value is -0.650. The third-order valence-electron chi connectivity index (χ3n) is 2.83. The highest BCUT2D eigenvalue weighted by Crippen LogP contribution is 2.22. The van der Waals surface area contributed by atoms with Crippen molar-refractivity contribution in [2.24, 2.45) is 0 Å². The van der Waals surface area contributed by atoms with E-state index in [2.05, 4.69) is 10.2 Å². The summed E-state index contributed by atoms with van der Waals surface area (Å²) in [5.74, 6) is -0.740. The van der Waals surface area contributed by atoms with Crippen LogP contribution < -0.4 is 5.32 Å². The van der Waals surface area contributed by atoms with Crippen LogP contribution in [0.4, 0.5) is 0 Å². The van der Waals surface area contributed by atoms with E-state index in [-0.39, 0.29) is 12.0 Å². The Morgan fingerprint density at radius 1 is 1.64 bits per heavy atom. The predicted molar refractivity (Wildman–Crippen MR) is 52.4 cm³/mol. The van der Waals surface area contributed by atoms with Gasteiger partial charge in [-0.05, 0) is 7.05 Å². The van der Waals surface area contributed by atoms with E-state index < -0.39 is 5.97 Å². The second kappa shape index (κ2) is 4.72. The van der Waals surface area contributed by atoms with Crippen LogP contribution >= 0.6 is 0 Å². The number of carboxylic acids is 1. The van der Waals surface area contributed by atoms with Gasteiger partial charge in [0.1, 0.15) is 0 Å². The van der Waals surface area contributed by atoms with E-state index in [0.29, 0.717) is 6.61 Å². The molecule has 0 bridgehead atoms. The average molecular weight is 202 g/mol. The number of hydrogen-bond donors (Lipinski definition) is 2. The Balaban J connectivity index is 2.46. The molecule has 5 nitrogen and oxygen atoms in total. The van der Waals surface area contributed by atoms with Crippen molar-refractivity contribution in [1.82, 2.24) is 10.2 Å². The van der Waals surface area contributed by atoms with Crippen LogP contribution in [0.1, 0.15) is 6.42 Å². The summed E-state index contributed by atoms with van der Waals surface area (Å²) in [7, 11) is 3.60. The fraction of sp³-hybridized carbons (Fsp3) is 0.889. The largest absolute Gasteiger partial charge is 0.481 e. The van der Waals surface area contributed by atoms with Crippen LogP contribution in [-0.4, -0.2) is 61.9 Å². The van der Waals surface area contributed by atoms with Gasteiger partial charge >= 0.3 is 5.97 Å².